The van der Waals surface area contributed by atoms with Gasteiger partial charge in [-0.15, -0.1) is 0 Å². The molecule has 2 heterocycles. The summed E-state index contributed by atoms with van der Waals surface area (Å²) in [6.45, 7) is 2.20. The van der Waals surface area contributed by atoms with Gasteiger partial charge in [0.05, 0.1) is 5.56 Å². The predicted molar refractivity (Wildman–Crippen MR) is 73.6 cm³/mol. The van der Waals surface area contributed by atoms with E-state index in [1.807, 2.05) is 0 Å². The van der Waals surface area contributed by atoms with Gasteiger partial charge in [0.15, 0.2) is 11.6 Å². The topological polar surface area (TPSA) is 84.1 Å². The van der Waals surface area contributed by atoms with Gasteiger partial charge in [-0.3, -0.25) is 9.78 Å². The Morgan fingerprint density at radius 1 is 1.35 bits per heavy atom. The third-order valence-electron chi connectivity index (χ3n) is 2.79. The van der Waals surface area contributed by atoms with Gasteiger partial charge in [-0.1, -0.05) is 0 Å². The number of amides is 1. The van der Waals surface area contributed by atoms with Gasteiger partial charge in [-0.2, -0.15) is 0 Å². The summed E-state index contributed by atoms with van der Waals surface area (Å²) in [5.74, 6) is 3.75. The highest BCUT2D eigenvalue weighted by Gasteiger charge is 2.21. The number of nitrogens with zero attached hydrogens (tertiary/aromatic N) is 3. The van der Waals surface area contributed by atoms with Crippen molar-refractivity contribution in [2.24, 2.45) is 5.84 Å². The quantitative estimate of drug-likeness (QED) is 0.653. The van der Waals surface area contributed by atoms with E-state index in [9.17, 15) is 9.18 Å². The summed E-state index contributed by atoms with van der Waals surface area (Å²) in [5, 5.41) is 0. The van der Waals surface area contributed by atoms with Crippen LogP contribution in [0.1, 0.15) is 17.3 Å². The molecule has 6 nitrogen and oxygen atoms in total. The number of nitrogens with two attached hydrogens (primary N) is 1. The molecule has 0 aromatic carbocycles. The molecule has 0 saturated heterocycles. The Kier molecular flexibility index (Phi) is 4.21. The molecule has 104 valence electrons. The van der Waals surface area contributed by atoms with Gasteiger partial charge in [0.25, 0.3) is 5.91 Å². The first kappa shape index (κ1) is 13.9. The molecule has 2 rings (SSSR count). The monoisotopic (exact) mass is 275 g/mol. The average molecular weight is 275 g/mol. The maximum absolute atomic E-state index is 14.1. The van der Waals surface area contributed by atoms with Crippen LogP contribution in [0.25, 0.3) is 0 Å². The van der Waals surface area contributed by atoms with Crippen molar-refractivity contribution < 1.29 is 9.18 Å². The van der Waals surface area contributed by atoms with Gasteiger partial charge < -0.3 is 10.3 Å². The van der Waals surface area contributed by atoms with E-state index < -0.39 is 11.7 Å². The third kappa shape index (κ3) is 2.57. The average Bonchev–Trinajstić information content (AvgIpc) is 2.49. The van der Waals surface area contributed by atoms with Crippen LogP contribution in [0.4, 0.5) is 15.9 Å². The summed E-state index contributed by atoms with van der Waals surface area (Å²) >= 11 is 0. The van der Waals surface area contributed by atoms with Crippen LogP contribution in [0, 0.1) is 5.82 Å². The van der Waals surface area contributed by atoms with Gasteiger partial charge in [0.2, 0.25) is 0 Å². The number of hydrogen-bond donors (Lipinski definition) is 2. The van der Waals surface area contributed by atoms with Crippen LogP contribution in [0.5, 0.6) is 0 Å². The van der Waals surface area contributed by atoms with Crippen molar-refractivity contribution >= 4 is 17.4 Å². The van der Waals surface area contributed by atoms with Crippen molar-refractivity contribution in [3.05, 3.63) is 48.2 Å². The SMILES string of the molecule is CCN(C(=O)c1ccnc(NN)c1F)c1ccncc1. The summed E-state index contributed by atoms with van der Waals surface area (Å²) in [6.07, 6.45) is 4.47. The molecule has 1 amide bonds. The highest BCUT2D eigenvalue weighted by atomic mass is 19.1. The fraction of sp³-hybridized carbons (Fsp3) is 0.154. The third-order valence-corrected chi connectivity index (χ3v) is 2.79. The molecule has 0 aliphatic carbocycles. The number of carbonyl (C=O) groups excluding carboxylic acids is 1. The molecule has 2 aromatic heterocycles. The smallest absolute Gasteiger partial charge is 0.261 e. The number of nitrogen functional groups attached to an aromatic ring is 1. The Hall–Kier alpha value is -2.54. The maximum atomic E-state index is 14.1. The lowest BCUT2D eigenvalue weighted by Gasteiger charge is -2.21. The molecule has 0 fully saturated rings. The number of hydrogen-bond acceptors (Lipinski definition) is 5. The highest BCUT2D eigenvalue weighted by Crippen LogP contribution is 2.20. The van der Waals surface area contributed by atoms with Gasteiger partial charge in [0, 0.05) is 30.8 Å². The fourth-order valence-corrected chi connectivity index (χ4v) is 1.82. The molecule has 20 heavy (non-hydrogen) atoms. The van der Waals surface area contributed by atoms with E-state index in [0.29, 0.717) is 12.2 Å². The van der Waals surface area contributed by atoms with Crippen LogP contribution in [0.2, 0.25) is 0 Å². The number of rotatable bonds is 4. The fourth-order valence-electron chi connectivity index (χ4n) is 1.82. The second-order valence-electron chi connectivity index (χ2n) is 3.92. The standard InChI is InChI=1S/C13H14FN5O/c1-2-19(9-3-6-16-7-4-9)13(20)10-5-8-17-12(18-15)11(10)14/h3-8H,2,15H2,1H3,(H,17,18). The van der Waals surface area contributed by atoms with Crippen LogP contribution in [-0.2, 0) is 0 Å². The Morgan fingerprint density at radius 3 is 2.65 bits per heavy atom. The molecule has 2 aromatic rings. The number of hydrazine groups is 1. The molecule has 0 bridgehead atoms. The van der Waals surface area contributed by atoms with E-state index in [-0.39, 0.29) is 11.4 Å². The maximum Gasteiger partial charge on any atom is 0.261 e. The van der Waals surface area contributed by atoms with Crippen molar-refractivity contribution in [2.45, 2.75) is 6.92 Å². The number of carbonyl (C=O) groups is 1. The van der Waals surface area contributed by atoms with Gasteiger partial charge in [0.1, 0.15) is 0 Å². The van der Waals surface area contributed by atoms with E-state index in [1.165, 1.54) is 17.2 Å². The summed E-state index contributed by atoms with van der Waals surface area (Å²) in [7, 11) is 0. The van der Waals surface area contributed by atoms with Crippen LogP contribution in [-0.4, -0.2) is 22.4 Å². The molecule has 0 aliphatic rings. The normalized spacial score (nSPS) is 10.2. The Balaban J connectivity index is 2.39. The van der Waals surface area contributed by atoms with Crippen LogP contribution < -0.4 is 16.2 Å². The number of aromatic nitrogens is 2. The number of nitrogens with one attached hydrogen (secondary N) is 1. The van der Waals surface area contributed by atoms with Crippen molar-refractivity contribution in [2.75, 3.05) is 16.9 Å². The minimum atomic E-state index is -0.771. The summed E-state index contributed by atoms with van der Waals surface area (Å²) in [4.78, 5) is 21.5. The van der Waals surface area contributed by atoms with E-state index in [2.05, 4.69) is 15.4 Å². The first-order valence-corrected chi connectivity index (χ1v) is 6.02. The number of halogens is 1. The highest BCUT2D eigenvalue weighted by molar-refractivity contribution is 6.06. The lowest BCUT2D eigenvalue weighted by molar-refractivity contribution is 0.0984. The molecule has 0 saturated carbocycles. The zero-order valence-electron chi connectivity index (χ0n) is 10.9. The molecule has 0 atom stereocenters. The van der Waals surface area contributed by atoms with Crippen molar-refractivity contribution in [3.63, 3.8) is 0 Å². The van der Waals surface area contributed by atoms with Gasteiger partial charge in [-0.05, 0) is 25.1 Å². The molecule has 0 radical (unpaired) electrons. The van der Waals surface area contributed by atoms with Crippen molar-refractivity contribution in [1.29, 1.82) is 0 Å². The largest absolute Gasteiger partial charge is 0.308 e. The van der Waals surface area contributed by atoms with Crippen LogP contribution >= 0.6 is 0 Å². The number of pyridine rings is 2. The van der Waals surface area contributed by atoms with E-state index in [0.717, 1.165) is 0 Å². The van der Waals surface area contributed by atoms with Crippen LogP contribution in [0.3, 0.4) is 0 Å². The lowest BCUT2D eigenvalue weighted by atomic mass is 10.2. The minimum absolute atomic E-state index is 0.0911. The van der Waals surface area contributed by atoms with Crippen molar-refractivity contribution in [3.8, 4) is 0 Å². The second kappa shape index (κ2) is 6.07. The Labute approximate surface area is 115 Å². The lowest BCUT2D eigenvalue weighted by Crippen LogP contribution is -2.31. The van der Waals surface area contributed by atoms with E-state index in [4.69, 9.17) is 5.84 Å². The van der Waals surface area contributed by atoms with Crippen molar-refractivity contribution in [1.82, 2.24) is 9.97 Å². The second-order valence-corrected chi connectivity index (χ2v) is 3.92. The van der Waals surface area contributed by atoms with Gasteiger partial charge >= 0.3 is 0 Å². The zero-order valence-corrected chi connectivity index (χ0v) is 10.9. The first-order valence-electron chi connectivity index (χ1n) is 6.02. The Bertz CT molecular complexity index is 605. The number of anilines is 2. The van der Waals surface area contributed by atoms with E-state index >= 15 is 0 Å². The van der Waals surface area contributed by atoms with Gasteiger partial charge in [-0.25, -0.2) is 15.2 Å². The zero-order chi connectivity index (χ0) is 14.5. The van der Waals surface area contributed by atoms with E-state index in [1.54, 1.807) is 31.5 Å². The molecule has 3 N–H and O–H groups in total. The predicted octanol–water partition coefficient (Wildman–Crippen LogP) is 1.57. The summed E-state index contributed by atoms with van der Waals surface area (Å²) in [6, 6.07) is 4.69. The Morgan fingerprint density at radius 2 is 2.05 bits per heavy atom. The first-order chi connectivity index (χ1) is 9.69. The molecular weight excluding hydrogens is 261 g/mol. The summed E-state index contributed by atoms with van der Waals surface area (Å²) < 4.78 is 14.1. The molecule has 0 spiro atoms. The minimum Gasteiger partial charge on any atom is -0.308 e. The molecule has 7 heteroatoms. The molecular formula is C13H14FN5O. The van der Waals surface area contributed by atoms with Crippen LogP contribution in [0.15, 0.2) is 36.8 Å². The summed E-state index contributed by atoms with van der Waals surface area (Å²) in [5.41, 5.74) is 2.67. The molecule has 0 aliphatic heterocycles. The molecule has 0 unspecified atom stereocenters.